The van der Waals surface area contributed by atoms with E-state index in [9.17, 15) is 13.2 Å². The lowest BCUT2D eigenvalue weighted by atomic mass is 10.0. The Morgan fingerprint density at radius 1 is 1.00 bits per heavy atom. The zero-order chi connectivity index (χ0) is 21.1. The second-order valence-electron chi connectivity index (χ2n) is 8.12. The first-order valence-electron chi connectivity index (χ1n) is 10.4. The Morgan fingerprint density at radius 3 is 2.30 bits per heavy atom. The Balaban J connectivity index is 1.24. The summed E-state index contributed by atoms with van der Waals surface area (Å²) in [6.45, 7) is 2.70. The van der Waals surface area contributed by atoms with Crippen LogP contribution in [0.3, 0.4) is 0 Å². The molecule has 2 unspecified atom stereocenters. The Morgan fingerprint density at radius 2 is 1.67 bits per heavy atom. The number of nitrogens with zero attached hydrogens (tertiary/aromatic N) is 2. The van der Waals surface area contributed by atoms with Gasteiger partial charge in [0, 0.05) is 50.2 Å². The van der Waals surface area contributed by atoms with Gasteiger partial charge in [-0.3, -0.25) is 9.89 Å². The predicted octanol–water partition coefficient (Wildman–Crippen LogP) is 3.79. The van der Waals surface area contributed by atoms with Gasteiger partial charge in [-0.05, 0) is 49.1 Å². The third kappa shape index (κ3) is 4.95. The van der Waals surface area contributed by atoms with E-state index in [2.05, 4.69) is 20.5 Å². The summed E-state index contributed by atoms with van der Waals surface area (Å²) >= 11 is 0. The lowest BCUT2D eigenvalue weighted by Crippen LogP contribution is -2.49. The first-order chi connectivity index (χ1) is 14.5. The maximum absolute atomic E-state index is 14.0. The van der Waals surface area contributed by atoms with Crippen molar-refractivity contribution in [2.45, 2.75) is 43.8 Å². The lowest BCUT2D eigenvalue weighted by Gasteiger charge is -2.33. The van der Waals surface area contributed by atoms with Gasteiger partial charge in [0.15, 0.2) is 5.96 Å². The summed E-state index contributed by atoms with van der Waals surface area (Å²) in [6, 6.07) is 10.9. The van der Waals surface area contributed by atoms with Crippen LogP contribution >= 0.6 is 0 Å². The van der Waals surface area contributed by atoms with Crippen LogP contribution in [-0.4, -0.2) is 43.1 Å². The van der Waals surface area contributed by atoms with Crippen molar-refractivity contribution in [3.05, 3.63) is 71.0 Å². The minimum absolute atomic E-state index is 0.0128. The van der Waals surface area contributed by atoms with Gasteiger partial charge in [0.2, 0.25) is 0 Å². The highest BCUT2D eigenvalue weighted by atomic mass is 19.1. The van der Waals surface area contributed by atoms with Crippen molar-refractivity contribution in [1.29, 1.82) is 0 Å². The number of hydrogen-bond acceptors (Lipinski definition) is 2. The van der Waals surface area contributed by atoms with Gasteiger partial charge < -0.3 is 10.6 Å². The van der Waals surface area contributed by atoms with Gasteiger partial charge in [0.1, 0.15) is 17.5 Å². The van der Waals surface area contributed by atoms with Crippen LogP contribution < -0.4 is 10.6 Å². The van der Waals surface area contributed by atoms with Crippen LogP contribution in [-0.2, 0) is 6.54 Å². The molecule has 4 rings (SSSR count). The third-order valence-electron chi connectivity index (χ3n) is 5.95. The first kappa shape index (κ1) is 20.7. The van der Waals surface area contributed by atoms with Crippen molar-refractivity contribution >= 4 is 5.96 Å². The summed E-state index contributed by atoms with van der Waals surface area (Å²) in [5.74, 6) is -0.670. The van der Waals surface area contributed by atoms with Crippen LogP contribution in [0, 0.1) is 17.5 Å². The molecule has 0 amide bonds. The molecule has 1 heterocycles. The number of guanidine groups is 1. The van der Waals surface area contributed by atoms with Crippen LogP contribution in [0.1, 0.15) is 36.3 Å². The van der Waals surface area contributed by atoms with Gasteiger partial charge in [-0.2, -0.15) is 0 Å². The molecule has 2 atom stereocenters. The van der Waals surface area contributed by atoms with Crippen LogP contribution in [0.5, 0.6) is 0 Å². The van der Waals surface area contributed by atoms with E-state index in [4.69, 9.17) is 0 Å². The van der Waals surface area contributed by atoms with Gasteiger partial charge in [0.25, 0.3) is 0 Å². The fourth-order valence-electron chi connectivity index (χ4n) is 4.16. The highest BCUT2D eigenvalue weighted by Gasteiger charge is 2.42. The fourth-order valence-corrected chi connectivity index (χ4v) is 4.16. The Hall–Kier alpha value is -2.54. The zero-order valence-electron chi connectivity index (χ0n) is 17.0. The molecule has 0 spiro atoms. The molecule has 1 saturated carbocycles. The number of halogens is 3. The average molecular weight is 416 g/mol. The molecule has 0 aromatic heterocycles. The standard InChI is InChI=1S/C23H27F3N4/c1-27-23(29-21-13-18(21)22-19(25)3-2-4-20(22)26)28-17-9-11-30(12-10-17)14-15-5-7-16(24)8-6-15/h2-8,17-18,21H,9-14H2,1H3,(H2,27,28,29). The van der Waals surface area contributed by atoms with Gasteiger partial charge in [-0.15, -0.1) is 0 Å². The smallest absolute Gasteiger partial charge is 0.191 e. The minimum atomic E-state index is -0.485. The number of piperidine rings is 1. The molecular weight excluding hydrogens is 389 g/mol. The number of aliphatic imine (C=N–C) groups is 1. The Bertz CT molecular complexity index is 872. The van der Waals surface area contributed by atoms with Crippen molar-refractivity contribution < 1.29 is 13.2 Å². The molecule has 2 fully saturated rings. The highest BCUT2D eigenvalue weighted by molar-refractivity contribution is 5.80. The molecule has 2 aliphatic rings. The van der Waals surface area contributed by atoms with Crippen LogP contribution in [0.15, 0.2) is 47.5 Å². The molecule has 2 aromatic carbocycles. The molecule has 4 nitrogen and oxygen atoms in total. The molecular formula is C23H27F3N4. The molecule has 160 valence electrons. The fraction of sp³-hybridized carbons (Fsp3) is 0.435. The number of rotatable bonds is 5. The van der Waals surface area contributed by atoms with Crippen molar-refractivity contribution in [2.75, 3.05) is 20.1 Å². The minimum Gasteiger partial charge on any atom is -0.354 e. The molecule has 2 aromatic rings. The number of hydrogen-bond donors (Lipinski definition) is 2. The van der Waals surface area contributed by atoms with E-state index in [1.807, 2.05) is 12.1 Å². The predicted molar refractivity (Wildman–Crippen MR) is 112 cm³/mol. The monoisotopic (exact) mass is 416 g/mol. The number of benzene rings is 2. The average Bonchev–Trinajstić information content (AvgIpc) is 3.49. The maximum Gasteiger partial charge on any atom is 0.191 e. The quantitative estimate of drug-likeness (QED) is 0.576. The van der Waals surface area contributed by atoms with E-state index in [-0.39, 0.29) is 23.3 Å². The largest absolute Gasteiger partial charge is 0.354 e. The normalized spacial score (nSPS) is 22.7. The SMILES string of the molecule is CN=C(NC1CCN(Cc2ccc(F)cc2)CC1)NC1CC1c1c(F)cccc1F. The Labute approximate surface area is 175 Å². The molecule has 7 heteroatoms. The second-order valence-corrected chi connectivity index (χ2v) is 8.12. The van der Waals surface area contributed by atoms with Gasteiger partial charge in [-0.25, -0.2) is 13.2 Å². The third-order valence-corrected chi connectivity index (χ3v) is 5.95. The second kappa shape index (κ2) is 9.08. The summed E-state index contributed by atoms with van der Waals surface area (Å²) in [5, 5.41) is 6.75. The maximum atomic E-state index is 14.0. The van der Waals surface area contributed by atoms with Crippen molar-refractivity contribution in [3.8, 4) is 0 Å². The van der Waals surface area contributed by atoms with Crippen LogP contribution in [0.4, 0.5) is 13.2 Å². The summed E-state index contributed by atoms with van der Waals surface area (Å²) < 4.78 is 41.0. The highest BCUT2D eigenvalue weighted by Crippen LogP contribution is 2.43. The van der Waals surface area contributed by atoms with Crippen LogP contribution in [0.25, 0.3) is 0 Å². The van der Waals surface area contributed by atoms with E-state index in [0.717, 1.165) is 38.0 Å². The summed E-state index contributed by atoms with van der Waals surface area (Å²) in [4.78, 5) is 6.65. The van der Waals surface area contributed by atoms with E-state index in [1.165, 1.54) is 30.3 Å². The molecule has 2 N–H and O–H groups in total. The van der Waals surface area contributed by atoms with E-state index >= 15 is 0 Å². The van der Waals surface area contributed by atoms with E-state index in [0.29, 0.717) is 18.4 Å². The van der Waals surface area contributed by atoms with Crippen LogP contribution in [0.2, 0.25) is 0 Å². The lowest BCUT2D eigenvalue weighted by molar-refractivity contribution is 0.198. The van der Waals surface area contributed by atoms with E-state index in [1.54, 1.807) is 7.05 Å². The molecule has 1 aliphatic heterocycles. The van der Waals surface area contributed by atoms with E-state index < -0.39 is 11.6 Å². The molecule has 0 bridgehead atoms. The van der Waals surface area contributed by atoms with Crippen molar-refractivity contribution in [1.82, 2.24) is 15.5 Å². The number of likely N-dealkylation sites (tertiary alicyclic amines) is 1. The number of nitrogens with one attached hydrogen (secondary N) is 2. The van der Waals surface area contributed by atoms with Gasteiger partial charge >= 0.3 is 0 Å². The van der Waals surface area contributed by atoms with Crippen molar-refractivity contribution in [3.63, 3.8) is 0 Å². The van der Waals surface area contributed by atoms with Gasteiger partial charge in [0.05, 0.1) is 0 Å². The molecule has 30 heavy (non-hydrogen) atoms. The summed E-state index contributed by atoms with van der Waals surface area (Å²) in [7, 11) is 1.71. The first-order valence-corrected chi connectivity index (χ1v) is 10.4. The molecule has 1 saturated heterocycles. The molecule has 0 radical (unpaired) electrons. The van der Waals surface area contributed by atoms with Crippen molar-refractivity contribution in [2.24, 2.45) is 4.99 Å². The summed E-state index contributed by atoms with van der Waals surface area (Å²) in [6.07, 6.45) is 2.63. The topological polar surface area (TPSA) is 39.7 Å². The Kier molecular flexibility index (Phi) is 6.27. The zero-order valence-corrected chi connectivity index (χ0v) is 17.0. The summed E-state index contributed by atoms with van der Waals surface area (Å²) in [5.41, 5.74) is 1.28. The molecule has 1 aliphatic carbocycles. The van der Waals surface area contributed by atoms with Gasteiger partial charge in [-0.1, -0.05) is 18.2 Å².